The fourth-order valence-corrected chi connectivity index (χ4v) is 6.92. The Labute approximate surface area is 266 Å². The van der Waals surface area contributed by atoms with Gasteiger partial charge in [0, 0.05) is 55.9 Å². The van der Waals surface area contributed by atoms with Crippen LogP contribution in [0.1, 0.15) is 62.6 Å². The number of likely N-dealkylation sites (N-methyl/N-ethyl adjacent to an activating group) is 1. The smallest absolute Gasteiger partial charge is 0.410 e. The molecule has 45 heavy (non-hydrogen) atoms. The number of nitrogens with zero attached hydrogens (tertiary/aromatic N) is 6. The number of aliphatic hydroxyl groups is 1. The molecule has 3 saturated heterocycles. The van der Waals surface area contributed by atoms with Gasteiger partial charge in [0.15, 0.2) is 5.65 Å². The van der Waals surface area contributed by atoms with Gasteiger partial charge in [-0.25, -0.2) is 9.78 Å². The predicted octanol–water partition coefficient (Wildman–Crippen LogP) is 4.34. The van der Waals surface area contributed by atoms with E-state index in [1.54, 1.807) is 0 Å². The molecule has 2 unspecified atom stereocenters. The molecule has 2 bridgehead atoms. The van der Waals surface area contributed by atoms with Crippen molar-refractivity contribution in [3.8, 4) is 0 Å². The molecule has 1 amide bonds. The maximum Gasteiger partial charge on any atom is 0.410 e. The lowest BCUT2D eigenvalue weighted by atomic mass is 9.97. The molecule has 6 rings (SSSR count). The minimum atomic E-state index is -0.285. The van der Waals surface area contributed by atoms with Gasteiger partial charge in [0.2, 0.25) is 0 Å². The van der Waals surface area contributed by atoms with E-state index in [9.17, 15) is 9.90 Å². The summed E-state index contributed by atoms with van der Waals surface area (Å²) in [7, 11) is 4.12. The molecule has 3 aliphatic heterocycles. The normalized spacial score (nSPS) is 22.8. The first kappa shape index (κ1) is 31.3. The summed E-state index contributed by atoms with van der Waals surface area (Å²) in [6.45, 7) is 7.65. The number of carbonyl (C=O) groups excluding carboxylic acids is 1. The van der Waals surface area contributed by atoms with Crippen LogP contribution >= 0.6 is 0 Å². The van der Waals surface area contributed by atoms with Crippen molar-refractivity contribution in [2.75, 3.05) is 57.5 Å². The maximum atomic E-state index is 13.3. The zero-order valence-electron chi connectivity index (χ0n) is 27.0. The number of rotatable bonds is 12. The highest BCUT2D eigenvalue weighted by Gasteiger charge is 2.45. The van der Waals surface area contributed by atoms with E-state index in [1.165, 1.54) is 0 Å². The van der Waals surface area contributed by atoms with Crippen LogP contribution in [0, 0.1) is 0 Å². The highest BCUT2D eigenvalue weighted by molar-refractivity contribution is 5.70. The summed E-state index contributed by atoms with van der Waals surface area (Å²) in [4.78, 5) is 24.7. The molecule has 0 radical (unpaired) electrons. The summed E-state index contributed by atoms with van der Waals surface area (Å²) in [5.41, 5.74) is 2.86. The number of carbonyl (C=O) groups is 1. The largest absolute Gasteiger partial charge is 0.443 e. The van der Waals surface area contributed by atoms with Gasteiger partial charge in [0.1, 0.15) is 17.7 Å². The summed E-state index contributed by atoms with van der Waals surface area (Å²) in [5.74, 6) is 1.80. The minimum Gasteiger partial charge on any atom is -0.443 e. The summed E-state index contributed by atoms with van der Waals surface area (Å²) >= 11 is 0. The molecule has 11 heteroatoms. The van der Waals surface area contributed by atoms with E-state index in [4.69, 9.17) is 14.8 Å². The van der Waals surface area contributed by atoms with Crippen LogP contribution in [0.5, 0.6) is 0 Å². The summed E-state index contributed by atoms with van der Waals surface area (Å²) < 4.78 is 7.85. The number of hydrogen-bond donors (Lipinski definition) is 3. The number of aliphatic hydroxyl groups excluding tert-OH is 1. The third-order valence-corrected chi connectivity index (χ3v) is 9.32. The van der Waals surface area contributed by atoms with Crippen molar-refractivity contribution < 1.29 is 14.6 Å². The Kier molecular flexibility index (Phi) is 9.58. The molecule has 1 aromatic carbocycles. The van der Waals surface area contributed by atoms with Crippen LogP contribution in [-0.4, -0.2) is 112 Å². The second-order valence-corrected chi connectivity index (χ2v) is 13.4. The number of ether oxygens (including phenoxy) is 1. The number of nitrogens with one attached hydrogen (secondary N) is 2. The topological polar surface area (TPSA) is 111 Å². The second-order valence-electron chi connectivity index (χ2n) is 13.4. The molecule has 3 aromatic rings. The van der Waals surface area contributed by atoms with Crippen LogP contribution in [0.3, 0.4) is 0 Å². The molecule has 0 saturated carbocycles. The van der Waals surface area contributed by atoms with Crippen molar-refractivity contribution >= 4 is 23.4 Å². The zero-order valence-corrected chi connectivity index (χ0v) is 27.0. The summed E-state index contributed by atoms with van der Waals surface area (Å²) in [5, 5.41) is 22.1. The lowest BCUT2D eigenvalue weighted by Gasteiger charge is -2.42. The van der Waals surface area contributed by atoms with Gasteiger partial charge in [0.05, 0.1) is 18.8 Å². The summed E-state index contributed by atoms with van der Waals surface area (Å²) in [6, 6.07) is 12.1. The first-order chi connectivity index (χ1) is 21.8. The van der Waals surface area contributed by atoms with Crippen molar-refractivity contribution in [1.82, 2.24) is 29.3 Å². The Hall–Kier alpha value is -3.67. The first-order valence-corrected chi connectivity index (χ1v) is 16.4. The van der Waals surface area contributed by atoms with Gasteiger partial charge >= 0.3 is 6.09 Å². The molecule has 0 aliphatic carbocycles. The number of likely N-dealkylation sites (tertiary alicyclic amines) is 1. The Bertz CT molecular complexity index is 1450. The van der Waals surface area contributed by atoms with Gasteiger partial charge in [-0.3, -0.25) is 4.90 Å². The van der Waals surface area contributed by atoms with E-state index in [1.807, 2.05) is 52.0 Å². The van der Waals surface area contributed by atoms with Gasteiger partial charge in [-0.1, -0.05) is 56.3 Å². The molecule has 3 aliphatic rings. The minimum absolute atomic E-state index is 0.0281. The van der Waals surface area contributed by atoms with Gasteiger partial charge in [-0.2, -0.15) is 9.61 Å². The Morgan fingerprint density at radius 1 is 1.13 bits per heavy atom. The average Bonchev–Trinajstić information content (AvgIpc) is 3.55. The molecule has 3 fully saturated rings. The van der Waals surface area contributed by atoms with E-state index >= 15 is 0 Å². The molecule has 0 spiro atoms. The first-order valence-electron chi connectivity index (χ1n) is 16.4. The Balaban J connectivity index is 1.10. The van der Waals surface area contributed by atoms with Crippen molar-refractivity contribution in [2.24, 2.45) is 0 Å². The number of piperidine rings is 1. The summed E-state index contributed by atoms with van der Waals surface area (Å²) in [6.07, 6.45) is 9.78. The highest BCUT2D eigenvalue weighted by Crippen LogP contribution is 2.38. The third-order valence-electron chi connectivity index (χ3n) is 9.32. The maximum absolute atomic E-state index is 13.3. The number of hydrogen-bond acceptors (Lipinski definition) is 9. The van der Waals surface area contributed by atoms with E-state index < -0.39 is 0 Å². The van der Waals surface area contributed by atoms with Crippen LogP contribution in [0.4, 0.5) is 16.4 Å². The van der Waals surface area contributed by atoms with Gasteiger partial charge in [0.25, 0.3) is 0 Å². The fourth-order valence-electron chi connectivity index (χ4n) is 6.92. The monoisotopic (exact) mass is 616 g/mol. The average molecular weight is 617 g/mol. The second kappa shape index (κ2) is 13.8. The Morgan fingerprint density at radius 2 is 1.87 bits per heavy atom. The SMILES string of the molecule is CC(C)c1cnn2c(NC3CC4CCC(C3)N4C(=O)OC3CN(C/C=C/CN(C)C)C3)cc(N[C@H](CO)c3ccccc3)nc12. The van der Waals surface area contributed by atoms with Gasteiger partial charge < -0.3 is 30.3 Å². The number of fused-ring (bicyclic) bond motifs is 3. The Morgan fingerprint density at radius 3 is 2.53 bits per heavy atom. The van der Waals surface area contributed by atoms with E-state index in [2.05, 4.69) is 60.5 Å². The van der Waals surface area contributed by atoms with Crippen LogP contribution in [0.15, 0.2) is 54.7 Å². The van der Waals surface area contributed by atoms with Crippen LogP contribution in [0.2, 0.25) is 0 Å². The van der Waals surface area contributed by atoms with Crippen LogP contribution in [-0.2, 0) is 4.74 Å². The number of amides is 1. The zero-order chi connectivity index (χ0) is 31.5. The van der Waals surface area contributed by atoms with Crippen molar-refractivity contribution in [3.63, 3.8) is 0 Å². The molecule has 5 heterocycles. The molecule has 11 nitrogen and oxygen atoms in total. The van der Waals surface area contributed by atoms with Crippen molar-refractivity contribution in [2.45, 2.75) is 75.7 Å². The third kappa shape index (κ3) is 7.10. The molecule has 242 valence electrons. The number of anilines is 2. The van der Waals surface area contributed by atoms with Crippen molar-refractivity contribution in [3.05, 3.63) is 65.9 Å². The van der Waals surface area contributed by atoms with E-state index in [0.717, 1.165) is 74.5 Å². The molecular weight excluding hydrogens is 568 g/mol. The van der Waals surface area contributed by atoms with E-state index in [0.29, 0.717) is 5.82 Å². The lowest BCUT2D eigenvalue weighted by molar-refractivity contribution is -0.0306. The molecular formula is C34H48N8O3. The molecule has 3 N–H and O–H groups in total. The van der Waals surface area contributed by atoms with Crippen molar-refractivity contribution in [1.29, 1.82) is 0 Å². The quantitative estimate of drug-likeness (QED) is 0.256. The molecule has 3 atom stereocenters. The lowest BCUT2D eigenvalue weighted by Crippen LogP contribution is -2.56. The molecule has 2 aromatic heterocycles. The standard InChI is InChI=1S/C34H48N8O3/c1-23(2)29-19-35-42-32(18-31(38-33(29)42)37-30(22-43)24-10-6-5-7-11-24)36-25-16-26-12-13-27(17-25)41(26)34(44)45-28-20-40(21-28)15-9-8-14-39(3)4/h5-11,18-19,23,25-28,30,36,43H,12-17,20-22H2,1-4H3,(H,37,38)/b9-8+/t25?,26?,27?,30-/m1/s1. The van der Waals surface area contributed by atoms with Gasteiger partial charge in [-0.15, -0.1) is 0 Å². The van der Waals surface area contributed by atoms with Crippen LogP contribution in [0.25, 0.3) is 5.65 Å². The van der Waals surface area contributed by atoms with Gasteiger partial charge in [-0.05, 0) is 51.3 Å². The predicted molar refractivity (Wildman–Crippen MR) is 177 cm³/mol. The van der Waals surface area contributed by atoms with Crippen LogP contribution < -0.4 is 10.6 Å². The highest BCUT2D eigenvalue weighted by atomic mass is 16.6. The van der Waals surface area contributed by atoms with E-state index in [-0.39, 0.29) is 48.9 Å². The number of aromatic nitrogens is 3. The number of benzene rings is 1. The fraction of sp³-hybridized carbons (Fsp3) is 0.559.